The fraction of sp³-hybridized carbons (Fsp3) is 0.533. The molecule has 0 unspecified atom stereocenters. The number of halogens is 3. The van der Waals surface area contributed by atoms with Crippen molar-refractivity contribution >= 4 is 23.4 Å². The summed E-state index contributed by atoms with van der Waals surface area (Å²) < 4.78 is 42.4. The molecule has 1 fully saturated rings. The van der Waals surface area contributed by atoms with Crippen LogP contribution in [0, 0.1) is 5.92 Å². The van der Waals surface area contributed by atoms with E-state index in [0.29, 0.717) is 19.7 Å². The van der Waals surface area contributed by atoms with E-state index in [1.807, 2.05) is 17.9 Å². The lowest BCUT2D eigenvalue weighted by Gasteiger charge is -2.31. The van der Waals surface area contributed by atoms with Crippen molar-refractivity contribution in [2.45, 2.75) is 30.2 Å². The number of piperidine rings is 1. The van der Waals surface area contributed by atoms with E-state index in [0.717, 1.165) is 18.5 Å². The van der Waals surface area contributed by atoms with Crippen molar-refractivity contribution in [3.05, 3.63) is 24.3 Å². The Hall–Kier alpha value is -1.37. The average molecular weight is 334 g/mol. The minimum absolute atomic E-state index is 0.00364. The van der Waals surface area contributed by atoms with Crippen LogP contribution in [0.25, 0.3) is 0 Å². The molecule has 0 saturated carbocycles. The first-order chi connectivity index (χ1) is 10.4. The molecule has 0 bridgehead atoms. The van der Waals surface area contributed by atoms with Crippen LogP contribution >= 0.6 is 11.8 Å². The second-order valence-electron chi connectivity index (χ2n) is 5.08. The highest BCUT2D eigenvalue weighted by Crippen LogP contribution is 2.38. The second-order valence-corrected chi connectivity index (χ2v) is 6.22. The molecule has 0 aliphatic carbocycles. The highest BCUT2D eigenvalue weighted by atomic mass is 32.2. The van der Waals surface area contributed by atoms with Crippen LogP contribution in [0.4, 0.5) is 18.9 Å². The van der Waals surface area contributed by atoms with Gasteiger partial charge in [0.05, 0.1) is 0 Å². The molecule has 7 heteroatoms. The normalized spacial score (nSPS) is 16.6. The SMILES string of the molecule is CCOC(=[OH+])C1CCN(c2cccc(SC(F)(F)F)c2)CC1. The molecule has 0 spiro atoms. The molecule has 1 aromatic rings. The molecule has 0 radical (unpaired) electrons. The second kappa shape index (κ2) is 7.26. The van der Waals surface area contributed by atoms with E-state index in [2.05, 4.69) is 0 Å². The number of nitrogens with zero attached hydrogens (tertiary/aromatic N) is 1. The molecule has 22 heavy (non-hydrogen) atoms. The summed E-state index contributed by atoms with van der Waals surface area (Å²) in [5, 5.41) is 0. The molecule has 122 valence electrons. The van der Waals surface area contributed by atoms with E-state index >= 15 is 0 Å². The molecule has 1 N–H and O–H groups in total. The van der Waals surface area contributed by atoms with Crippen LogP contribution in [0.5, 0.6) is 0 Å². The largest absolute Gasteiger partial charge is 0.485 e. The van der Waals surface area contributed by atoms with Crippen molar-refractivity contribution in [1.82, 2.24) is 0 Å². The summed E-state index contributed by atoms with van der Waals surface area (Å²) in [6.07, 6.45) is 1.45. The molecular formula is C15H19F3NO2S+. The maximum Gasteiger partial charge on any atom is 0.485 e. The van der Waals surface area contributed by atoms with Gasteiger partial charge in [0.15, 0.2) is 6.61 Å². The molecule has 2 rings (SSSR count). The summed E-state index contributed by atoms with van der Waals surface area (Å²) in [5.41, 5.74) is -3.49. The third-order valence-electron chi connectivity index (χ3n) is 3.55. The Bertz CT molecular complexity index is 514. The number of hydrogen-bond acceptors (Lipinski definition) is 3. The first-order valence-corrected chi connectivity index (χ1v) is 8.00. The van der Waals surface area contributed by atoms with Crippen molar-refractivity contribution in [3.8, 4) is 0 Å². The van der Waals surface area contributed by atoms with Gasteiger partial charge in [-0.05, 0) is 49.7 Å². The maximum atomic E-state index is 12.4. The summed E-state index contributed by atoms with van der Waals surface area (Å²) in [6.45, 7) is 3.61. The highest BCUT2D eigenvalue weighted by Gasteiger charge is 2.32. The van der Waals surface area contributed by atoms with Gasteiger partial charge < -0.3 is 14.4 Å². The lowest BCUT2D eigenvalue weighted by molar-refractivity contribution is -0.0328. The van der Waals surface area contributed by atoms with E-state index in [9.17, 15) is 18.0 Å². The van der Waals surface area contributed by atoms with Crippen LogP contribution < -0.4 is 4.90 Å². The monoisotopic (exact) mass is 334 g/mol. The minimum Gasteiger partial charge on any atom is -0.371 e. The van der Waals surface area contributed by atoms with Gasteiger partial charge in [-0.25, -0.2) is 0 Å². The number of benzene rings is 1. The molecule has 0 aromatic heterocycles. The van der Waals surface area contributed by atoms with Crippen molar-refractivity contribution in [1.29, 1.82) is 0 Å². The smallest absolute Gasteiger partial charge is 0.371 e. The molecule has 1 saturated heterocycles. The number of esters is 1. The van der Waals surface area contributed by atoms with Crippen molar-refractivity contribution < 1.29 is 22.7 Å². The van der Waals surface area contributed by atoms with E-state index in [4.69, 9.17) is 4.74 Å². The van der Waals surface area contributed by atoms with Crippen LogP contribution in [0.1, 0.15) is 19.8 Å². The van der Waals surface area contributed by atoms with E-state index in [1.165, 1.54) is 6.07 Å². The summed E-state index contributed by atoms with van der Waals surface area (Å²) in [7, 11) is 0. The fourth-order valence-corrected chi connectivity index (χ4v) is 3.12. The Morgan fingerprint density at radius 3 is 2.64 bits per heavy atom. The van der Waals surface area contributed by atoms with Gasteiger partial charge >= 0.3 is 11.5 Å². The van der Waals surface area contributed by atoms with Gasteiger partial charge in [0.25, 0.3) is 0 Å². The van der Waals surface area contributed by atoms with Gasteiger partial charge in [0, 0.05) is 23.7 Å². The number of rotatable bonds is 4. The third-order valence-corrected chi connectivity index (χ3v) is 4.27. The van der Waals surface area contributed by atoms with Gasteiger partial charge in [-0.1, -0.05) is 6.07 Å². The molecular weight excluding hydrogens is 315 g/mol. The molecule has 0 atom stereocenters. The number of alkyl halides is 3. The summed E-state index contributed by atoms with van der Waals surface area (Å²) in [4.78, 5) is 12.0. The van der Waals surface area contributed by atoms with Crippen LogP contribution in [0.3, 0.4) is 0 Å². The van der Waals surface area contributed by atoms with Crippen molar-refractivity contribution in [3.63, 3.8) is 0 Å². The minimum atomic E-state index is -4.27. The fourth-order valence-electron chi connectivity index (χ4n) is 2.53. The molecule has 1 aromatic carbocycles. The summed E-state index contributed by atoms with van der Waals surface area (Å²) in [5.74, 6) is 0.0764. The zero-order chi connectivity index (χ0) is 16.2. The first kappa shape index (κ1) is 17.0. The molecule has 3 nitrogen and oxygen atoms in total. The molecule has 1 aliphatic rings. The van der Waals surface area contributed by atoms with Gasteiger partial charge in [-0.15, -0.1) is 0 Å². The lowest BCUT2D eigenvalue weighted by atomic mass is 9.96. The van der Waals surface area contributed by atoms with E-state index in [1.54, 1.807) is 12.1 Å². The number of hydrogen-bond donors (Lipinski definition) is 0. The third kappa shape index (κ3) is 4.83. The Morgan fingerprint density at radius 2 is 2.05 bits per heavy atom. The lowest BCUT2D eigenvalue weighted by Crippen LogP contribution is -2.37. The van der Waals surface area contributed by atoms with E-state index < -0.39 is 5.51 Å². The standard InChI is InChI=1S/C15H18F3NO2S/c1-2-21-14(20)11-6-8-19(9-7-11)12-4-3-5-13(10-12)22-15(16,17)18/h3-5,10-11H,2,6-9H2,1H3/p+1. The Balaban J connectivity index is 1.96. The van der Waals surface area contributed by atoms with Crippen molar-refractivity contribution in [2.24, 2.45) is 5.92 Å². The zero-order valence-corrected chi connectivity index (χ0v) is 13.1. The number of thioether (sulfide) groups is 1. The molecule has 1 aliphatic heterocycles. The Morgan fingerprint density at radius 1 is 1.36 bits per heavy atom. The summed E-state index contributed by atoms with van der Waals surface area (Å²) >= 11 is -0.0998. The average Bonchev–Trinajstić information content (AvgIpc) is 2.46. The Kier molecular flexibility index (Phi) is 5.61. The van der Waals surface area contributed by atoms with Gasteiger partial charge in [0.2, 0.25) is 0 Å². The van der Waals surface area contributed by atoms with Crippen molar-refractivity contribution in [2.75, 3.05) is 24.6 Å². The van der Waals surface area contributed by atoms with Crippen LogP contribution in [0.2, 0.25) is 0 Å². The Labute approximate surface area is 131 Å². The topological polar surface area (TPSA) is 33.9 Å². The summed E-state index contributed by atoms with van der Waals surface area (Å²) in [6, 6.07) is 6.47. The van der Waals surface area contributed by atoms with Crippen LogP contribution in [-0.2, 0) is 4.74 Å². The molecule has 1 heterocycles. The quantitative estimate of drug-likeness (QED) is 0.473. The predicted octanol–water partition coefficient (Wildman–Crippen LogP) is 4.05. The predicted molar refractivity (Wildman–Crippen MR) is 81.9 cm³/mol. The van der Waals surface area contributed by atoms with Gasteiger partial charge in [-0.3, -0.25) is 0 Å². The maximum absolute atomic E-state index is 12.4. The zero-order valence-electron chi connectivity index (χ0n) is 12.3. The molecule has 0 amide bonds. The number of carbonyl (C=O) groups excluding carboxylic acids is 1. The number of ether oxygens (including phenoxy) is 1. The van der Waals surface area contributed by atoms with Gasteiger partial charge in [0.1, 0.15) is 5.92 Å². The van der Waals surface area contributed by atoms with Crippen LogP contribution in [-0.4, -0.2) is 36.0 Å². The highest BCUT2D eigenvalue weighted by molar-refractivity contribution is 8.00. The number of anilines is 1. The first-order valence-electron chi connectivity index (χ1n) is 7.18. The van der Waals surface area contributed by atoms with E-state index in [-0.39, 0.29) is 28.5 Å². The van der Waals surface area contributed by atoms with Gasteiger partial charge in [-0.2, -0.15) is 13.2 Å². The van der Waals surface area contributed by atoms with Crippen LogP contribution in [0.15, 0.2) is 29.2 Å².